The summed E-state index contributed by atoms with van der Waals surface area (Å²) in [6.07, 6.45) is 2.68. The molecular formula is C17H26O2Sn. The molecule has 0 saturated carbocycles. The monoisotopic (exact) mass is 382 g/mol. The van der Waals surface area contributed by atoms with E-state index < -0.39 is 5.97 Å². The van der Waals surface area contributed by atoms with E-state index in [-0.39, 0.29) is 21.1 Å². The van der Waals surface area contributed by atoms with Gasteiger partial charge in [-0.2, -0.15) is 0 Å². The molecule has 1 aromatic carbocycles. The Morgan fingerprint density at radius 2 is 1.60 bits per heavy atom. The fourth-order valence-electron chi connectivity index (χ4n) is 1.39. The van der Waals surface area contributed by atoms with Gasteiger partial charge in [-0.05, 0) is 11.6 Å². The Balaban J connectivity index is 0.000000370. The molecular weight excluding hydrogens is 355 g/mol. The normalized spacial score (nSPS) is 10.7. The van der Waals surface area contributed by atoms with Gasteiger partial charge in [0.25, 0.3) is 0 Å². The number of carboxylic acids is 1. The van der Waals surface area contributed by atoms with Gasteiger partial charge in [-0.1, -0.05) is 30.3 Å². The van der Waals surface area contributed by atoms with Gasteiger partial charge in [0.1, 0.15) is 0 Å². The van der Waals surface area contributed by atoms with Crippen molar-refractivity contribution in [3.05, 3.63) is 42.0 Å². The maximum atomic E-state index is 10.1. The molecule has 0 aliphatic heterocycles. The third-order valence-corrected chi connectivity index (χ3v) is 8.63. The van der Waals surface area contributed by atoms with Crippen LogP contribution in [-0.4, -0.2) is 32.2 Å². The summed E-state index contributed by atoms with van der Waals surface area (Å²) in [7, 11) is 0. The van der Waals surface area contributed by atoms with Gasteiger partial charge < -0.3 is 5.11 Å². The van der Waals surface area contributed by atoms with Crippen molar-refractivity contribution < 1.29 is 9.90 Å². The molecule has 0 aromatic heterocycles. The number of hydrogen-bond acceptors (Lipinski definition) is 1. The van der Waals surface area contributed by atoms with E-state index in [0.29, 0.717) is 0 Å². The van der Waals surface area contributed by atoms with Crippen LogP contribution in [0.2, 0.25) is 8.87 Å². The van der Waals surface area contributed by atoms with Crippen LogP contribution in [0.3, 0.4) is 0 Å². The Hall–Kier alpha value is -0.771. The Labute approximate surface area is 133 Å². The van der Waals surface area contributed by atoms with Crippen LogP contribution in [0.15, 0.2) is 36.4 Å². The predicted octanol–water partition coefficient (Wildman–Crippen LogP) is 4.62. The minimum atomic E-state index is -0.922. The molecule has 0 aliphatic carbocycles. The van der Waals surface area contributed by atoms with Crippen LogP contribution in [0.5, 0.6) is 0 Å². The Morgan fingerprint density at radius 3 is 2.00 bits per heavy atom. The molecule has 0 heterocycles. The molecule has 3 heteroatoms. The van der Waals surface area contributed by atoms with Crippen molar-refractivity contribution in [2.75, 3.05) is 0 Å². The van der Waals surface area contributed by atoms with Crippen LogP contribution < -0.4 is 0 Å². The standard InChI is InChI=1S/C9H8O2.2C4H9.Sn/c10-9(11)7-6-8-4-2-1-3-5-8;2*1-4(2)3;/h1-7H,(H,10,11);2*4H,1H2,2-3H3;. The molecule has 0 amide bonds. The molecule has 110 valence electrons. The van der Waals surface area contributed by atoms with E-state index >= 15 is 0 Å². The van der Waals surface area contributed by atoms with Crippen molar-refractivity contribution >= 4 is 33.2 Å². The number of carbonyl (C=O) groups is 1. The van der Waals surface area contributed by atoms with E-state index in [2.05, 4.69) is 27.7 Å². The summed E-state index contributed by atoms with van der Waals surface area (Å²) in [5.74, 6) is 1.01. The fourth-order valence-corrected chi connectivity index (χ4v) is 5.16. The maximum Gasteiger partial charge on any atom is 0.328 e. The number of aliphatic carboxylic acids is 1. The quantitative estimate of drug-likeness (QED) is 0.577. The molecule has 1 N–H and O–H groups in total. The van der Waals surface area contributed by atoms with Gasteiger partial charge in [0.15, 0.2) is 0 Å². The molecule has 0 atom stereocenters. The van der Waals surface area contributed by atoms with E-state index in [1.54, 1.807) is 14.9 Å². The van der Waals surface area contributed by atoms with Gasteiger partial charge in [-0.3, -0.25) is 0 Å². The van der Waals surface area contributed by atoms with Crippen LogP contribution in [0.1, 0.15) is 33.3 Å². The largest absolute Gasteiger partial charge is 0.478 e. The molecule has 1 rings (SSSR count). The van der Waals surface area contributed by atoms with Gasteiger partial charge in [-0.25, -0.2) is 4.79 Å². The van der Waals surface area contributed by atoms with Crippen molar-refractivity contribution in [1.82, 2.24) is 0 Å². The summed E-state index contributed by atoms with van der Waals surface area (Å²) >= 11 is 0.0709. The Kier molecular flexibility index (Phi) is 11.5. The molecule has 2 radical (unpaired) electrons. The van der Waals surface area contributed by atoms with Gasteiger partial charge in [0.05, 0.1) is 0 Å². The van der Waals surface area contributed by atoms with Crippen LogP contribution in [0, 0.1) is 11.8 Å². The summed E-state index contributed by atoms with van der Waals surface area (Å²) in [5.41, 5.74) is 0.898. The van der Waals surface area contributed by atoms with Crippen molar-refractivity contribution in [3.63, 3.8) is 0 Å². The second-order valence-electron chi connectivity index (χ2n) is 5.53. The topological polar surface area (TPSA) is 37.3 Å². The van der Waals surface area contributed by atoms with Crippen molar-refractivity contribution in [2.45, 2.75) is 36.6 Å². The second-order valence-corrected chi connectivity index (χ2v) is 9.29. The zero-order chi connectivity index (χ0) is 15.4. The van der Waals surface area contributed by atoms with Gasteiger partial charge in [-0.15, -0.1) is 0 Å². The summed E-state index contributed by atoms with van der Waals surface area (Å²) in [6, 6.07) is 9.31. The minimum absolute atomic E-state index is 0.0709. The number of benzene rings is 1. The average molecular weight is 381 g/mol. The van der Waals surface area contributed by atoms with Gasteiger partial charge in [0, 0.05) is 6.08 Å². The van der Waals surface area contributed by atoms with Crippen molar-refractivity contribution in [3.8, 4) is 0 Å². The molecule has 20 heavy (non-hydrogen) atoms. The first-order chi connectivity index (χ1) is 9.41. The average Bonchev–Trinajstić information content (AvgIpc) is 2.37. The Morgan fingerprint density at radius 1 is 1.10 bits per heavy atom. The van der Waals surface area contributed by atoms with Crippen LogP contribution in [0.4, 0.5) is 0 Å². The van der Waals surface area contributed by atoms with E-state index in [9.17, 15) is 4.79 Å². The number of hydrogen-bond donors (Lipinski definition) is 1. The van der Waals surface area contributed by atoms with E-state index in [1.807, 2.05) is 30.3 Å². The molecule has 1 aromatic rings. The summed E-state index contributed by atoms with van der Waals surface area (Å²) in [5, 5.41) is 8.29. The van der Waals surface area contributed by atoms with Crippen molar-refractivity contribution in [1.29, 1.82) is 0 Å². The summed E-state index contributed by atoms with van der Waals surface area (Å²) in [6.45, 7) is 9.34. The SMILES string of the molecule is CC(C)[CH2][Sn][CH2]C(C)C.O=C(O)C=Cc1ccccc1. The molecule has 0 fully saturated rings. The maximum absolute atomic E-state index is 10.1. The van der Waals surface area contributed by atoms with Crippen LogP contribution >= 0.6 is 0 Å². The van der Waals surface area contributed by atoms with Gasteiger partial charge in [0.2, 0.25) is 0 Å². The minimum Gasteiger partial charge on any atom is -0.478 e. The Bertz CT molecular complexity index is 375. The van der Waals surface area contributed by atoms with Crippen LogP contribution in [0.25, 0.3) is 6.08 Å². The first kappa shape index (κ1) is 19.2. The van der Waals surface area contributed by atoms with E-state index in [1.165, 1.54) is 0 Å². The third kappa shape index (κ3) is 13.7. The molecule has 0 aliphatic rings. The molecule has 0 spiro atoms. The number of carboxylic acid groups (broad SMARTS) is 1. The fraction of sp³-hybridized carbons (Fsp3) is 0.471. The smallest absolute Gasteiger partial charge is 0.328 e. The molecule has 2 nitrogen and oxygen atoms in total. The van der Waals surface area contributed by atoms with Crippen LogP contribution in [-0.2, 0) is 4.79 Å². The van der Waals surface area contributed by atoms with E-state index in [4.69, 9.17) is 5.11 Å². The van der Waals surface area contributed by atoms with Gasteiger partial charge >= 0.3 is 75.5 Å². The first-order valence-corrected chi connectivity index (χ1v) is 11.1. The third-order valence-electron chi connectivity index (χ3n) is 2.32. The van der Waals surface area contributed by atoms with E-state index in [0.717, 1.165) is 23.5 Å². The number of rotatable bonds is 6. The molecule has 0 saturated heterocycles. The first-order valence-electron chi connectivity index (χ1n) is 7.08. The summed E-state index contributed by atoms with van der Waals surface area (Å²) in [4.78, 5) is 10.1. The predicted molar refractivity (Wildman–Crippen MR) is 88.2 cm³/mol. The second kappa shape index (κ2) is 12.0. The summed E-state index contributed by atoms with van der Waals surface area (Å²) < 4.78 is 3.14. The molecule has 0 unspecified atom stereocenters. The zero-order valence-corrected chi connectivity index (χ0v) is 15.8. The zero-order valence-electron chi connectivity index (χ0n) is 13.0. The van der Waals surface area contributed by atoms with Crippen molar-refractivity contribution in [2.24, 2.45) is 11.8 Å². The molecule has 0 bridgehead atoms.